The number of hydrazine groups is 1. The van der Waals surface area contributed by atoms with E-state index in [0.29, 0.717) is 6.42 Å². The van der Waals surface area contributed by atoms with Gasteiger partial charge in [-0.3, -0.25) is 10.6 Å². The molecule has 0 aliphatic rings. The molecular formula is C10H14N2O2. The summed E-state index contributed by atoms with van der Waals surface area (Å²) >= 11 is 0. The lowest BCUT2D eigenvalue weighted by molar-refractivity contribution is -0.142. The SMILES string of the molecule is CN(N)[C@@H](Cc1ccccc1)C(=O)O. The number of hydrogen-bond acceptors (Lipinski definition) is 3. The van der Waals surface area contributed by atoms with Gasteiger partial charge in [0.2, 0.25) is 0 Å². The van der Waals surface area contributed by atoms with Gasteiger partial charge in [0.25, 0.3) is 0 Å². The molecule has 0 aromatic heterocycles. The van der Waals surface area contributed by atoms with Gasteiger partial charge >= 0.3 is 5.97 Å². The Hall–Kier alpha value is -1.39. The molecule has 76 valence electrons. The molecule has 0 amide bonds. The van der Waals surface area contributed by atoms with Crippen LogP contribution in [-0.2, 0) is 11.2 Å². The summed E-state index contributed by atoms with van der Waals surface area (Å²) in [5.74, 6) is 4.53. The van der Waals surface area contributed by atoms with Gasteiger partial charge in [-0.2, -0.15) is 0 Å². The minimum absolute atomic E-state index is 0.420. The highest BCUT2D eigenvalue weighted by molar-refractivity contribution is 5.73. The van der Waals surface area contributed by atoms with Crippen LogP contribution in [-0.4, -0.2) is 29.2 Å². The Kier molecular flexibility index (Phi) is 3.62. The molecule has 4 nitrogen and oxygen atoms in total. The maximum absolute atomic E-state index is 10.8. The highest BCUT2D eigenvalue weighted by atomic mass is 16.4. The minimum atomic E-state index is -0.904. The van der Waals surface area contributed by atoms with E-state index in [1.165, 1.54) is 5.01 Å². The molecule has 0 heterocycles. The molecule has 1 rings (SSSR count). The average Bonchev–Trinajstić information content (AvgIpc) is 2.15. The molecule has 0 bridgehead atoms. The summed E-state index contributed by atoms with van der Waals surface area (Å²) in [5.41, 5.74) is 0.970. The Balaban J connectivity index is 2.70. The van der Waals surface area contributed by atoms with Gasteiger partial charge in [-0.1, -0.05) is 30.3 Å². The first-order chi connectivity index (χ1) is 6.61. The molecule has 0 saturated carbocycles. The van der Waals surface area contributed by atoms with Crippen LogP contribution >= 0.6 is 0 Å². The van der Waals surface area contributed by atoms with Gasteiger partial charge in [-0.15, -0.1) is 0 Å². The van der Waals surface area contributed by atoms with Gasteiger partial charge in [0, 0.05) is 7.05 Å². The molecule has 0 fully saturated rings. The fourth-order valence-corrected chi connectivity index (χ4v) is 1.24. The van der Waals surface area contributed by atoms with Gasteiger partial charge in [0.05, 0.1) is 0 Å². The number of benzene rings is 1. The van der Waals surface area contributed by atoms with Crippen LogP contribution in [0.1, 0.15) is 5.56 Å². The fourth-order valence-electron chi connectivity index (χ4n) is 1.24. The highest BCUT2D eigenvalue weighted by Crippen LogP contribution is 2.05. The number of nitrogens with zero attached hydrogens (tertiary/aromatic N) is 1. The number of nitrogens with two attached hydrogens (primary N) is 1. The normalized spacial score (nSPS) is 12.8. The lowest BCUT2D eigenvalue weighted by atomic mass is 10.1. The molecule has 0 unspecified atom stereocenters. The average molecular weight is 194 g/mol. The van der Waals surface area contributed by atoms with Gasteiger partial charge < -0.3 is 5.11 Å². The first-order valence-corrected chi connectivity index (χ1v) is 4.35. The van der Waals surface area contributed by atoms with Crippen LogP contribution in [0.15, 0.2) is 30.3 Å². The van der Waals surface area contributed by atoms with Crippen LogP contribution in [0.5, 0.6) is 0 Å². The van der Waals surface area contributed by atoms with Crippen molar-refractivity contribution in [2.45, 2.75) is 12.5 Å². The quantitative estimate of drug-likeness (QED) is 0.540. The zero-order valence-corrected chi connectivity index (χ0v) is 8.05. The summed E-state index contributed by atoms with van der Waals surface area (Å²) in [5, 5.41) is 10.1. The van der Waals surface area contributed by atoms with Crippen molar-refractivity contribution in [1.29, 1.82) is 0 Å². The van der Waals surface area contributed by atoms with Crippen molar-refractivity contribution in [1.82, 2.24) is 5.01 Å². The Labute approximate surface area is 82.9 Å². The lowest BCUT2D eigenvalue weighted by Gasteiger charge is -2.19. The second-order valence-electron chi connectivity index (χ2n) is 3.21. The summed E-state index contributed by atoms with van der Waals surface area (Å²) in [7, 11) is 1.56. The Morgan fingerprint density at radius 1 is 1.50 bits per heavy atom. The van der Waals surface area contributed by atoms with Crippen LogP contribution in [0, 0.1) is 0 Å². The number of carboxylic acid groups (broad SMARTS) is 1. The summed E-state index contributed by atoms with van der Waals surface area (Å²) in [6.45, 7) is 0. The second kappa shape index (κ2) is 4.74. The molecular weight excluding hydrogens is 180 g/mol. The summed E-state index contributed by atoms with van der Waals surface area (Å²) in [6, 6.07) is 8.76. The van der Waals surface area contributed by atoms with Crippen molar-refractivity contribution in [2.24, 2.45) is 5.84 Å². The Bertz CT molecular complexity index is 298. The highest BCUT2D eigenvalue weighted by Gasteiger charge is 2.20. The van der Waals surface area contributed by atoms with Crippen molar-refractivity contribution < 1.29 is 9.90 Å². The second-order valence-corrected chi connectivity index (χ2v) is 3.21. The first-order valence-electron chi connectivity index (χ1n) is 4.35. The molecule has 0 saturated heterocycles. The fraction of sp³-hybridized carbons (Fsp3) is 0.300. The number of rotatable bonds is 4. The number of aliphatic carboxylic acids is 1. The van der Waals surface area contributed by atoms with Crippen molar-refractivity contribution in [3.05, 3.63) is 35.9 Å². The number of likely N-dealkylation sites (N-methyl/N-ethyl adjacent to an activating group) is 1. The third-order valence-corrected chi connectivity index (χ3v) is 2.05. The maximum atomic E-state index is 10.8. The summed E-state index contributed by atoms with van der Waals surface area (Å²) in [4.78, 5) is 10.8. The molecule has 3 N–H and O–H groups in total. The molecule has 1 atom stereocenters. The Morgan fingerprint density at radius 2 is 2.07 bits per heavy atom. The summed E-state index contributed by atoms with van der Waals surface area (Å²) < 4.78 is 0. The third-order valence-electron chi connectivity index (χ3n) is 2.05. The van der Waals surface area contributed by atoms with Crippen LogP contribution in [0.4, 0.5) is 0 Å². The van der Waals surface area contributed by atoms with Crippen molar-refractivity contribution in [2.75, 3.05) is 7.05 Å². The van der Waals surface area contributed by atoms with E-state index in [-0.39, 0.29) is 0 Å². The van der Waals surface area contributed by atoms with Gasteiger partial charge in [0.1, 0.15) is 6.04 Å². The maximum Gasteiger partial charge on any atom is 0.322 e. The van der Waals surface area contributed by atoms with E-state index in [2.05, 4.69) is 0 Å². The zero-order chi connectivity index (χ0) is 10.6. The van der Waals surface area contributed by atoms with Crippen LogP contribution in [0.2, 0.25) is 0 Å². The van der Waals surface area contributed by atoms with Crippen molar-refractivity contribution in [3.63, 3.8) is 0 Å². The molecule has 0 aliphatic carbocycles. The van der Waals surface area contributed by atoms with E-state index >= 15 is 0 Å². The molecule has 4 heteroatoms. The standard InChI is InChI=1S/C10H14N2O2/c1-12(11)9(10(13)14)7-8-5-3-2-4-6-8/h2-6,9H,7,11H2,1H3,(H,13,14)/t9-/m0/s1. The summed E-state index contributed by atoms with van der Waals surface area (Å²) in [6.07, 6.45) is 0.420. The number of carbonyl (C=O) groups is 1. The first kappa shape index (κ1) is 10.7. The van der Waals surface area contributed by atoms with Crippen molar-refractivity contribution >= 4 is 5.97 Å². The van der Waals surface area contributed by atoms with Crippen molar-refractivity contribution in [3.8, 4) is 0 Å². The smallest absolute Gasteiger partial charge is 0.322 e. The van der Waals surface area contributed by atoms with E-state index in [4.69, 9.17) is 10.9 Å². The van der Waals surface area contributed by atoms with E-state index in [1.54, 1.807) is 7.05 Å². The van der Waals surface area contributed by atoms with E-state index in [9.17, 15) is 4.79 Å². The van der Waals surface area contributed by atoms with Crippen LogP contribution < -0.4 is 5.84 Å². The molecule has 0 spiro atoms. The molecule has 0 radical (unpaired) electrons. The van der Waals surface area contributed by atoms with Crippen LogP contribution in [0.25, 0.3) is 0 Å². The van der Waals surface area contributed by atoms with E-state index in [0.717, 1.165) is 5.56 Å². The lowest BCUT2D eigenvalue weighted by Crippen LogP contribution is -2.44. The van der Waals surface area contributed by atoms with Crippen LogP contribution in [0.3, 0.4) is 0 Å². The van der Waals surface area contributed by atoms with Gasteiger partial charge in [0.15, 0.2) is 0 Å². The Morgan fingerprint density at radius 3 is 2.50 bits per heavy atom. The molecule has 0 aliphatic heterocycles. The van der Waals surface area contributed by atoms with Gasteiger partial charge in [-0.25, -0.2) is 5.01 Å². The largest absolute Gasteiger partial charge is 0.480 e. The molecule has 1 aromatic rings. The van der Waals surface area contributed by atoms with E-state index in [1.807, 2.05) is 30.3 Å². The predicted octanol–water partition coefficient (Wildman–Crippen LogP) is 0.488. The number of carboxylic acids is 1. The predicted molar refractivity (Wildman–Crippen MR) is 53.5 cm³/mol. The zero-order valence-electron chi connectivity index (χ0n) is 8.05. The third kappa shape index (κ3) is 2.83. The topological polar surface area (TPSA) is 66.6 Å². The molecule has 1 aromatic carbocycles. The van der Waals surface area contributed by atoms with Gasteiger partial charge in [-0.05, 0) is 12.0 Å². The minimum Gasteiger partial charge on any atom is -0.480 e. The molecule has 14 heavy (non-hydrogen) atoms. The van der Waals surface area contributed by atoms with E-state index < -0.39 is 12.0 Å². The number of hydrogen-bond donors (Lipinski definition) is 2. The monoisotopic (exact) mass is 194 g/mol.